The summed E-state index contributed by atoms with van der Waals surface area (Å²) in [7, 11) is 2.97. The molecule has 2 amide bonds. The number of halogens is 1. The summed E-state index contributed by atoms with van der Waals surface area (Å²) < 4.78 is 24.3. The van der Waals surface area contributed by atoms with Gasteiger partial charge in [-0.3, -0.25) is 19.2 Å². The van der Waals surface area contributed by atoms with Crippen LogP contribution in [-0.4, -0.2) is 60.7 Å². The van der Waals surface area contributed by atoms with Gasteiger partial charge in [-0.25, -0.2) is 4.39 Å². The molecule has 0 saturated carbocycles. The Morgan fingerprint density at radius 3 is 2.32 bits per heavy atom. The fourth-order valence-corrected chi connectivity index (χ4v) is 4.57. The number of aliphatic carboxylic acids is 1. The van der Waals surface area contributed by atoms with Crippen molar-refractivity contribution in [1.82, 2.24) is 10.6 Å². The number of carbonyl (C=O) groups is 4. The Balaban J connectivity index is 2.05. The van der Waals surface area contributed by atoms with E-state index in [1.807, 2.05) is 0 Å². The number of amides is 2. The molecule has 206 valence electrons. The molecule has 0 spiro atoms. The second-order valence-corrected chi connectivity index (χ2v) is 9.84. The van der Waals surface area contributed by atoms with Gasteiger partial charge in [-0.1, -0.05) is 32.0 Å². The molecule has 2 unspecified atom stereocenters. The molecule has 0 aliphatic carbocycles. The van der Waals surface area contributed by atoms with E-state index in [-0.39, 0.29) is 23.8 Å². The van der Waals surface area contributed by atoms with Gasteiger partial charge in [0.15, 0.2) is 5.78 Å². The van der Waals surface area contributed by atoms with Crippen molar-refractivity contribution in [3.05, 3.63) is 59.4 Å². The van der Waals surface area contributed by atoms with Crippen LogP contribution < -0.4 is 20.1 Å². The predicted octanol–water partition coefficient (Wildman–Crippen LogP) is 2.99. The number of thioether (sulfide) groups is 1. The SMILES string of the molecule is COc1ccc(OC)c(CC(=O)NC(C(=O)NC(CC(=O)O)C(=O)CSCc2ccccc2F)C(C)C)c1. The highest BCUT2D eigenvalue weighted by Gasteiger charge is 2.30. The first-order valence-corrected chi connectivity index (χ1v) is 13.1. The van der Waals surface area contributed by atoms with Gasteiger partial charge < -0.3 is 25.2 Å². The number of ether oxygens (including phenoxy) is 2. The normalized spacial score (nSPS) is 12.4. The standard InChI is InChI=1S/C27H33FN2O7S/c1-16(2)26(30-24(32)12-18-11-19(36-3)9-10-23(18)37-4)27(35)29-21(13-25(33)34)22(31)15-38-14-17-7-5-6-8-20(17)28/h5-11,16,21,26H,12-15H2,1-4H3,(H,29,35)(H,30,32)(H,33,34). The van der Waals surface area contributed by atoms with Crippen molar-refractivity contribution in [3.8, 4) is 11.5 Å². The summed E-state index contributed by atoms with van der Waals surface area (Å²) in [6, 6.07) is 8.85. The van der Waals surface area contributed by atoms with Crippen molar-refractivity contribution in [1.29, 1.82) is 0 Å². The zero-order valence-corrected chi connectivity index (χ0v) is 22.6. The van der Waals surface area contributed by atoms with E-state index in [9.17, 15) is 28.7 Å². The van der Waals surface area contributed by atoms with Crippen LogP contribution in [0.25, 0.3) is 0 Å². The van der Waals surface area contributed by atoms with Crippen LogP contribution in [0.1, 0.15) is 31.4 Å². The number of hydrogen-bond donors (Lipinski definition) is 3. The lowest BCUT2D eigenvalue weighted by atomic mass is 10.0. The quantitative estimate of drug-likeness (QED) is 0.310. The van der Waals surface area contributed by atoms with E-state index < -0.39 is 47.9 Å². The molecule has 3 N–H and O–H groups in total. The van der Waals surface area contributed by atoms with Crippen LogP contribution in [0.2, 0.25) is 0 Å². The average molecular weight is 549 g/mol. The van der Waals surface area contributed by atoms with Gasteiger partial charge in [-0.05, 0) is 35.7 Å². The average Bonchev–Trinajstić information content (AvgIpc) is 2.87. The summed E-state index contributed by atoms with van der Waals surface area (Å²) in [5.41, 5.74) is 0.970. The zero-order chi connectivity index (χ0) is 28.2. The van der Waals surface area contributed by atoms with Crippen molar-refractivity contribution >= 4 is 35.3 Å². The summed E-state index contributed by atoms with van der Waals surface area (Å²) in [6.07, 6.45) is -0.717. The van der Waals surface area contributed by atoms with E-state index in [0.29, 0.717) is 22.6 Å². The van der Waals surface area contributed by atoms with Gasteiger partial charge >= 0.3 is 5.97 Å². The number of Topliss-reactive ketones (excluding diaryl/α,β-unsaturated/α-hetero) is 1. The molecule has 2 aromatic carbocycles. The van der Waals surface area contributed by atoms with E-state index in [0.717, 1.165) is 11.8 Å². The summed E-state index contributed by atoms with van der Waals surface area (Å²) in [4.78, 5) is 50.0. The molecule has 0 aromatic heterocycles. The molecular formula is C27H33FN2O7S. The minimum absolute atomic E-state index is 0.0962. The van der Waals surface area contributed by atoms with E-state index in [1.165, 1.54) is 20.3 Å². The third-order valence-electron chi connectivity index (χ3n) is 5.65. The molecule has 38 heavy (non-hydrogen) atoms. The largest absolute Gasteiger partial charge is 0.497 e. The lowest BCUT2D eigenvalue weighted by Crippen LogP contribution is -2.54. The fraction of sp³-hybridized carbons (Fsp3) is 0.407. The number of hydrogen-bond acceptors (Lipinski definition) is 7. The first kappa shape index (κ1) is 30.6. The molecule has 9 nitrogen and oxygen atoms in total. The molecular weight excluding hydrogens is 515 g/mol. The van der Waals surface area contributed by atoms with Crippen molar-refractivity contribution in [2.45, 2.75) is 44.5 Å². The highest BCUT2D eigenvalue weighted by Crippen LogP contribution is 2.24. The molecule has 11 heteroatoms. The molecule has 0 aliphatic heterocycles. The van der Waals surface area contributed by atoms with Crippen LogP contribution in [0.5, 0.6) is 11.5 Å². The Kier molecular flexibility index (Phi) is 12.1. The van der Waals surface area contributed by atoms with E-state index >= 15 is 0 Å². The molecule has 0 heterocycles. The fourth-order valence-electron chi connectivity index (χ4n) is 3.61. The Hall–Kier alpha value is -3.60. The van der Waals surface area contributed by atoms with E-state index in [4.69, 9.17) is 9.47 Å². The highest BCUT2D eigenvalue weighted by molar-refractivity contribution is 7.99. The van der Waals surface area contributed by atoms with Crippen LogP contribution >= 0.6 is 11.8 Å². The van der Waals surface area contributed by atoms with Gasteiger partial charge in [0.2, 0.25) is 11.8 Å². The van der Waals surface area contributed by atoms with Gasteiger partial charge in [-0.2, -0.15) is 0 Å². The first-order chi connectivity index (χ1) is 18.0. The monoisotopic (exact) mass is 548 g/mol. The third-order valence-corrected chi connectivity index (χ3v) is 6.65. The van der Waals surface area contributed by atoms with Crippen LogP contribution in [-0.2, 0) is 31.4 Å². The Labute approximate surface area is 225 Å². The van der Waals surface area contributed by atoms with Crippen LogP contribution in [0, 0.1) is 11.7 Å². The van der Waals surface area contributed by atoms with Crippen molar-refractivity contribution in [3.63, 3.8) is 0 Å². The first-order valence-electron chi connectivity index (χ1n) is 11.9. The number of rotatable bonds is 15. The minimum Gasteiger partial charge on any atom is -0.497 e. The highest BCUT2D eigenvalue weighted by atomic mass is 32.2. The van der Waals surface area contributed by atoms with E-state index in [1.54, 1.807) is 50.2 Å². The molecule has 0 bridgehead atoms. The number of carbonyl (C=O) groups excluding carboxylic acids is 3. The molecule has 2 aromatic rings. The second kappa shape index (κ2) is 15.0. The van der Waals surface area contributed by atoms with Crippen molar-refractivity contribution in [2.75, 3.05) is 20.0 Å². The predicted molar refractivity (Wildman–Crippen MR) is 142 cm³/mol. The molecule has 0 radical (unpaired) electrons. The zero-order valence-electron chi connectivity index (χ0n) is 21.8. The summed E-state index contributed by atoms with van der Waals surface area (Å²) in [6.45, 7) is 3.43. The lowest BCUT2D eigenvalue weighted by Gasteiger charge is -2.25. The molecule has 2 atom stereocenters. The molecule has 2 rings (SSSR count). The van der Waals surface area contributed by atoms with Gasteiger partial charge in [0.05, 0.1) is 38.9 Å². The van der Waals surface area contributed by atoms with Gasteiger partial charge in [0.25, 0.3) is 0 Å². The van der Waals surface area contributed by atoms with Gasteiger partial charge in [0.1, 0.15) is 23.4 Å². The maximum Gasteiger partial charge on any atom is 0.305 e. The van der Waals surface area contributed by atoms with Crippen LogP contribution in [0.4, 0.5) is 4.39 Å². The maximum absolute atomic E-state index is 13.8. The third kappa shape index (κ3) is 9.37. The Morgan fingerprint density at radius 1 is 1.00 bits per heavy atom. The summed E-state index contributed by atoms with van der Waals surface area (Å²) >= 11 is 1.12. The summed E-state index contributed by atoms with van der Waals surface area (Å²) in [5, 5.41) is 14.4. The summed E-state index contributed by atoms with van der Waals surface area (Å²) in [5.74, 6) is -2.58. The maximum atomic E-state index is 13.8. The minimum atomic E-state index is -1.30. The van der Waals surface area contributed by atoms with E-state index in [2.05, 4.69) is 10.6 Å². The van der Waals surface area contributed by atoms with Gasteiger partial charge in [0, 0.05) is 11.3 Å². The Morgan fingerprint density at radius 2 is 1.71 bits per heavy atom. The topological polar surface area (TPSA) is 131 Å². The number of carboxylic acids is 1. The van der Waals surface area contributed by atoms with Crippen molar-refractivity contribution < 1.29 is 38.1 Å². The number of benzene rings is 2. The molecule has 0 saturated heterocycles. The lowest BCUT2D eigenvalue weighted by molar-refractivity contribution is -0.140. The number of methoxy groups -OCH3 is 2. The molecule has 0 aliphatic rings. The second-order valence-electron chi connectivity index (χ2n) is 8.85. The Bertz CT molecular complexity index is 1140. The molecule has 0 fully saturated rings. The smallest absolute Gasteiger partial charge is 0.305 e. The number of nitrogens with one attached hydrogen (secondary N) is 2. The van der Waals surface area contributed by atoms with Crippen LogP contribution in [0.3, 0.4) is 0 Å². The number of carboxylic acid groups (broad SMARTS) is 1. The van der Waals surface area contributed by atoms with Gasteiger partial charge in [-0.15, -0.1) is 11.8 Å². The van der Waals surface area contributed by atoms with Crippen molar-refractivity contribution in [2.24, 2.45) is 5.92 Å². The van der Waals surface area contributed by atoms with Crippen LogP contribution in [0.15, 0.2) is 42.5 Å². The number of ketones is 1.